The molecule has 0 atom stereocenters. The Morgan fingerprint density at radius 1 is 0.643 bits per heavy atom. The Morgan fingerprint density at radius 2 is 1.00 bits per heavy atom. The number of carbonyl (C=O) groups excluding carboxylic acids is 2. The molecule has 0 fully saturated rings. The molecule has 142 valence electrons. The summed E-state index contributed by atoms with van der Waals surface area (Å²) in [5.41, 5.74) is -1.33. The highest BCUT2D eigenvalue weighted by Crippen LogP contribution is 2.27. The maximum atomic E-state index is 12.9. The molecule has 3 rings (SSSR count). The fourth-order valence-corrected chi connectivity index (χ4v) is 4.35. The highest BCUT2D eigenvalue weighted by molar-refractivity contribution is 7.14. The second-order valence-corrected chi connectivity index (χ2v) is 8.61. The predicted octanol–water partition coefficient (Wildman–Crippen LogP) is 4.28. The highest BCUT2D eigenvalue weighted by Gasteiger charge is 2.27. The molecule has 6 nitrogen and oxygen atoms in total. The number of carboxylic acid groups (broad SMARTS) is 2. The SMILES string of the molecule is Cc1ccc(C(=O)c2cc(C(=O)c3ccc(C)s3)c(C(=O)O)cc2C(=O)O)s1. The largest absolute Gasteiger partial charge is 0.478 e. The fourth-order valence-electron chi connectivity index (χ4n) is 2.71. The van der Waals surface area contributed by atoms with Gasteiger partial charge in [-0.1, -0.05) is 0 Å². The van der Waals surface area contributed by atoms with Crippen molar-refractivity contribution in [3.8, 4) is 0 Å². The monoisotopic (exact) mass is 414 g/mol. The van der Waals surface area contributed by atoms with Crippen LogP contribution in [-0.4, -0.2) is 33.7 Å². The van der Waals surface area contributed by atoms with Gasteiger partial charge in [0.25, 0.3) is 0 Å². The minimum atomic E-state index is -1.44. The molecule has 0 radical (unpaired) electrons. The van der Waals surface area contributed by atoms with Crippen molar-refractivity contribution in [2.75, 3.05) is 0 Å². The first-order valence-electron chi connectivity index (χ1n) is 8.06. The lowest BCUT2D eigenvalue weighted by molar-refractivity contribution is 0.0690. The van der Waals surface area contributed by atoms with Crippen LogP contribution in [0.1, 0.15) is 60.9 Å². The number of hydrogen-bond donors (Lipinski definition) is 2. The zero-order valence-corrected chi connectivity index (χ0v) is 16.4. The van der Waals surface area contributed by atoms with Crippen LogP contribution in [0.5, 0.6) is 0 Å². The number of ketones is 2. The first kappa shape index (κ1) is 19.7. The van der Waals surface area contributed by atoms with Gasteiger partial charge in [-0.25, -0.2) is 9.59 Å². The summed E-state index contributed by atoms with van der Waals surface area (Å²) in [4.78, 5) is 51.4. The van der Waals surface area contributed by atoms with Crippen LogP contribution in [0.4, 0.5) is 0 Å². The van der Waals surface area contributed by atoms with Crippen LogP contribution in [0.25, 0.3) is 0 Å². The standard InChI is InChI=1S/C20H14O6S2/c1-9-3-5-15(27-9)17(21)11-7-12(18(22)16-6-4-10(2)28-16)14(20(25)26)8-13(11)19(23)24/h3-8H,1-2H3,(H,23,24)(H,25,26). The van der Waals surface area contributed by atoms with Crippen molar-refractivity contribution in [1.82, 2.24) is 0 Å². The normalized spacial score (nSPS) is 10.6. The number of carbonyl (C=O) groups is 4. The summed E-state index contributed by atoms with van der Waals surface area (Å²) in [6.07, 6.45) is 0. The Balaban J connectivity index is 2.23. The molecule has 2 heterocycles. The second-order valence-electron chi connectivity index (χ2n) is 6.03. The minimum absolute atomic E-state index is 0.212. The van der Waals surface area contributed by atoms with E-state index in [-0.39, 0.29) is 11.1 Å². The van der Waals surface area contributed by atoms with Crippen molar-refractivity contribution in [1.29, 1.82) is 0 Å². The maximum Gasteiger partial charge on any atom is 0.336 e. The van der Waals surface area contributed by atoms with Gasteiger partial charge in [0.05, 0.1) is 20.9 Å². The summed E-state index contributed by atoms with van der Waals surface area (Å²) in [6, 6.07) is 8.56. The molecular formula is C20H14O6S2. The molecule has 0 aliphatic rings. The van der Waals surface area contributed by atoms with Crippen molar-refractivity contribution in [3.05, 3.63) is 78.2 Å². The predicted molar refractivity (Wildman–Crippen MR) is 105 cm³/mol. The molecular weight excluding hydrogens is 400 g/mol. The topological polar surface area (TPSA) is 109 Å². The molecule has 3 aromatic rings. The van der Waals surface area contributed by atoms with Crippen LogP contribution >= 0.6 is 22.7 Å². The zero-order chi connectivity index (χ0) is 20.6. The molecule has 0 saturated heterocycles. The third kappa shape index (κ3) is 3.64. The van der Waals surface area contributed by atoms with Gasteiger partial charge in [-0.2, -0.15) is 0 Å². The van der Waals surface area contributed by atoms with Crippen LogP contribution in [0, 0.1) is 13.8 Å². The van der Waals surface area contributed by atoms with Crippen molar-refractivity contribution < 1.29 is 29.4 Å². The number of aromatic carboxylic acids is 2. The van der Waals surface area contributed by atoms with E-state index in [4.69, 9.17) is 0 Å². The summed E-state index contributed by atoms with van der Waals surface area (Å²) in [5, 5.41) is 19.0. The minimum Gasteiger partial charge on any atom is -0.478 e. The number of carboxylic acids is 2. The van der Waals surface area contributed by atoms with E-state index in [0.29, 0.717) is 9.75 Å². The van der Waals surface area contributed by atoms with Crippen LogP contribution in [-0.2, 0) is 0 Å². The molecule has 1 aromatic carbocycles. The van der Waals surface area contributed by atoms with E-state index in [1.54, 1.807) is 38.1 Å². The Labute approximate surface area is 167 Å². The number of aryl methyl sites for hydroxylation is 2. The molecule has 28 heavy (non-hydrogen) atoms. The molecule has 2 N–H and O–H groups in total. The Kier molecular flexibility index (Phi) is 5.26. The van der Waals surface area contributed by atoms with Gasteiger partial charge >= 0.3 is 11.9 Å². The Bertz CT molecular complexity index is 1050. The lowest BCUT2D eigenvalue weighted by atomic mass is 9.93. The van der Waals surface area contributed by atoms with Gasteiger partial charge < -0.3 is 10.2 Å². The van der Waals surface area contributed by atoms with E-state index in [2.05, 4.69) is 0 Å². The Hall–Kier alpha value is -3.10. The molecule has 0 spiro atoms. The smallest absolute Gasteiger partial charge is 0.336 e. The molecule has 0 aliphatic carbocycles. The van der Waals surface area contributed by atoms with Crippen LogP contribution in [0.2, 0.25) is 0 Å². The lowest BCUT2D eigenvalue weighted by Crippen LogP contribution is -2.16. The Morgan fingerprint density at radius 3 is 1.29 bits per heavy atom. The van der Waals surface area contributed by atoms with Crippen molar-refractivity contribution in [2.45, 2.75) is 13.8 Å². The number of thiophene rings is 2. The molecule has 2 aromatic heterocycles. The maximum absolute atomic E-state index is 12.9. The summed E-state index contributed by atoms with van der Waals surface area (Å²) in [7, 11) is 0. The number of benzene rings is 1. The molecule has 0 saturated carbocycles. The van der Waals surface area contributed by atoms with Crippen molar-refractivity contribution >= 4 is 46.2 Å². The van der Waals surface area contributed by atoms with Gasteiger partial charge in [0, 0.05) is 20.9 Å². The third-order valence-corrected chi connectivity index (χ3v) is 6.03. The molecule has 0 amide bonds. The van der Waals surface area contributed by atoms with Gasteiger partial charge in [0.1, 0.15) is 0 Å². The summed E-state index contributed by atoms with van der Waals surface area (Å²) < 4.78 is 0. The van der Waals surface area contributed by atoms with E-state index in [0.717, 1.165) is 21.9 Å². The first-order valence-corrected chi connectivity index (χ1v) is 9.69. The van der Waals surface area contributed by atoms with E-state index >= 15 is 0 Å². The summed E-state index contributed by atoms with van der Waals surface area (Å²) in [5.74, 6) is -4.01. The van der Waals surface area contributed by atoms with E-state index in [1.165, 1.54) is 22.7 Å². The number of hydrogen-bond acceptors (Lipinski definition) is 6. The summed E-state index contributed by atoms with van der Waals surface area (Å²) >= 11 is 2.39. The average Bonchev–Trinajstić information content (AvgIpc) is 3.27. The van der Waals surface area contributed by atoms with E-state index < -0.39 is 34.6 Å². The third-order valence-electron chi connectivity index (χ3n) is 4.04. The van der Waals surface area contributed by atoms with Gasteiger partial charge in [-0.3, -0.25) is 9.59 Å². The molecule has 0 bridgehead atoms. The number of rotatable bonds is 6. The van der Waals surface area contributed by atoms with Crippen LogP contribution < -0.4 is 0 Å². The van der Waals surface area contributed by atoms with Crippen LogP contribution in [0.15, 0.2) is 36.4 Å². The van der Waals surface area contributed by atoms with Crippen molar-refractivity contribution in [3.63, 3.8) is 0 Å². The lowest BCUT2D eigenvalue weighted by Gasteiger charge is -2.10. The summed E-state index contributed by atoms with van der Waals surface area (Å²) in [6.45, 7) is 3.61. The average molecular weight is 414 g/mol. The zero-order valence-electron chi connectivity index (χ0n) is 14.8. The van der Waals surface area contributed by atoms with Crippen LogP contribution in [0.3, 0.4) is 0 Å². The molecule has 0 aliphatic heterocycles. The van der Waals surface area contributed by atoms with Gasteiger partial charge in [0.15, 0.2) is 0 Å². The highest BCUT2D eigenvalue weighted by atomic mass is 32.1. The first-order chi connectivity index (χ1) is 13.2. The van der Waals surface area contributed by atoms with Gasteiger partial charge in [0.2, 0.25) is 11.6 Å². The second kappa shape index (κ2) is 7.49. The quantitative estimate of drug-likeness (QED) is 0.583. The van der Waals surface area contributed by atoms with Gasteiger partial charge in [-0.15, -0.1) is 22.7 Å². The fraction of sp³-hybridized carbons (Fsp3) is 0.100. The van der Waals surface area contributed by atoms with E-state index in [1.807, 2.05) is 0 Å². The van der Waals surface area contributed by atoms with Gasteiger partial charge in [-0.05, 0) is 50.2 Å². The molecule has 0 unspecified atom stereocenters. The van der Waals surface area contributed by atoms with E-state index in [9.17, 15) is 29.4 Å². The van der Waals surface area contributed by atoms with Crippen molar-refractivity contribution in [2.24, 2.45) is 0 Å². The molecule has 8 heteroatoms.